The Morgan fingerprint density at radius 3 is 2.75 bits per heavy atom. The Bertz CT molecular complexity index is 478. The van der Waals surface area contributed by atoms with Crippen LogP contribution in [0, 0.1) is 18.8 Å². The number of hydrogen-bond donors (Lipinski definition) is 1. The summed E-state index contributed by atoms with van der Waals surface area (Å²) in [6, 6.07) is 5.72. The Morgan fingerprint density at radius 2 is 2.05 bits per heavy atom. The Balaban J connectivity index is 1.96. The smallest absolute Gasteiger partial charge is 0.251 e. The standard InChI is InChI=1S/C16H21BrClNO/c1-11-14(7-4-8-15(11)17)16(20)19-10-13-6-3-2-5-12(13)9-18/h4,7-8,12-13H,2-3,5-6,9-10H2,1H3,(H,19,20). The molecule has 0 radical (unpaired) electrons. The second kappa shape index (κ2) is 7.46. The molecule has 1 aromatic rings. The Labute approximate surface area is 134 Å². The first-order valence-corrected chi connectivity index (χ1v) is 8.55. The molecule has 2 unspecified atom stereocenters. The number of halogens is 2. The van der Waals surface area contributed by atoms with Crippen molar-refractivity contribution in [3.05, 3.63) is 33.8 Å². The maximum absolute atomic E-state index is 12.3. The Kier molecular flexibility index (Phi) is 5.91. The molecule has 1 fully saturated rings. The molecule has 1 aliphatic carbocycles. The molecule has 0 aliphatic heterocycles. The molecule has 1 aliphatic rings. The molecule has 2 rings (SSSR count). The van der Waals surface area contributed by atoms with Gasteiger partial charge in [0.25, 0.3) is 5.91 Å². The highest BCUT2D eigenvalue weighted by Crippen LogP contribution is 2.30. The van der Waals surface area contributed by atoms with Gasteiger partial charge < -0.3 is 5.32 Å². The predicted molar refractivity (Wildman–Crippen MR) is 87.4 cm³/mol. The maximum Gasteiger partial charge on any atom is 0.251 e. The topological polar surface area (TPSA) is 29.1 Å². The van der Waals surface area contributed by atoms with Gasteiger partial charge in [0.1, 0.15) is 0 Å². The van der Waals surface area contributed by atoms with Crippen LogP contribution in [-0.4, -0.2) is 18.3 Å². The number of nitrogens with one attached hydrogen (secondary N) is 1. The van der Waals surface area contributed by atoms with Gasteiger partial charge in [-0.2, -0.15) is 0 Å². The summed E-state index contributed by atoms with van der Waals surface area (Å²) < 4.78 is 0.974. The quantitative estimate of drug-likeness (QED) is 0.787. The van der Waals surface area contributed by atoms with Crippen LogP contribution < -0.4 is 5.32 Å². The van der Waals surface area contributed by atoms with E-state index >= 15 is 0 Å². The van der Waals surface area contributed by atoms with Gasteiger partial charge in [-0.15, -0.1) is 11.6 Å². The average Bonchev–Trinajstić information content (AvgIpc) is 2.48. The van der Waals surface area contributed by atoms with E-state index in [0.717, 1.165) is 22.1 Å². The zero-order chi connectivity index (χ0) is 14.5. The van der Waals surface area contributed by atoms with Gasteiger partial charge in [-0.05, 0) is 49.3 Å². The molecule has 2 atom stereocenters. The molecule has 1 saturated carbocycles. The summed E-state index contributed by atoms with van der Waals surface area (Å²) in [5, 5.41) is 3.08. The highest BCUT2D eigenvalue weighted by atomic mass is 79.9. The van der Waals surface area contributed by atoms with E-state index in [1.54, 1.807) is 0 Å². The lowest BCUT2D eigenvalue weighted by atomic mass is 9.80. The first kappa shape index (κ1) is 15.8. The fourth-order valence-electron chi connectivity index (χ4n) is 2.93. The van der Waals surface area contributed by atoms with Gasteiger partial charge in [0, 0.05) is 22.5 Å². The molecular weight excluding hydrogens is 338 g/mol. The Hall–Kier alpha value is -0.540. The van der Waals surface area contributed by atoms with Gasteiger partial charge in [0.2, 0.25) is 0 Å². The van der Waals surface area contributed by atoms with Gasteiger partial charge in [0.15, 0.2) is 0 Å². The van der Waals surface area contributed by atoms with Crippen LogP contribution in [0.3, 0.4) is 0 Å². The highest BCUT2D eigenvalue weighted by Gasteiger charge is 2.24. The number of benzene rings is 1. The number of alkyl halides is 1. The third kappa shape index (κ3) is 3.76. The lowest BCUT2D eigenvalue weighted by Crippen LogP contribution is -2.35. The van der Waals surface area contributed by atoms with Crippen LogP contribution >= 0.6 is 27.5 Å². The summed E-state index contributed by atoms with van der Waals surface area (Å²) >= 11 is 9.50. The van der Waals surface area contributed by atoms with Crippen molar-refractivity contribution in [1.82, 2.24) is 5.32 Å². The molecule has 2 nitrogen and oxygen atoms in total. The lowest BCUT2D eigenvalue weighted by molar-refractivity contribution is 0.0936. The first-order valence-electron chi connectivity index (χ1n) is 7.22. The van der Waals surface area contributed by atoms with E-state index in [1.807, 2.05) is 25.1 Å². The summed E-state index contributed by atoms with van der Waals surface area (Å²) in [6.07, 6.45) is 4.89. The number of carbonyl (C=O) groups excluding carboxylic acids is 1. The summed E-state index contributed by atoms with van der Waals surface area (Å²) in [6.45, 7) is 2.70. The second-order valence-electron chi connectivity index (χ2n) is 5.58. The van der Waals surface area contributed by atoms with Gasteiger partial charge in [-0.1, -0.05) is 34.8 Å². The van der Waals surface area contributed by atoms with Gasteiger partial charge in [-0.3, -0.25) is 4.79 Å². The number of amides is 1. The predicted octanol–water partition coefficient (Wildman–Crippen LogP) is 4.53. The molecule has 0 spiro atoms. The number of hydrogen-bond acceptors (Lipinski definition) is 1. The molecule has 110 valence electrons. The molecule has 1 N–H and O–H groups in total. The van der Waals surface area contributed by atoms with E-state index in [4.69, 9.17) is 11.6 Å². The monoisotopic (exact) mass is 357 g/mol. The maximum atomic E-state index is 12.3. The van der Waals surface area contributed by atoms with Crippen molar-refractivity contribution in [3.63, 3.8) is 0 Å². The van der Waals surface area contributed by atoms with E-state index in [-0.39, 0.29) is 5.91 Å². The van der Waals surface area contributed by atoms with E-state index in [9.17, 15) is 4.79 Å². The number of rotatable bonds is 4. The molecule has 0 saturated heterocycles. The third-order valence-electron chi connectivity index (χ3n) is 4.30. The minimum absolute atomic E-state index is 0.0164. The van der Waals surface area contributed by atoms with Crippen molar-refractivity contribution in [2.45, 2.75) is 32.6 Å². The van der Waals surface area contributed by atoms with Crippen LogP contribution in [0.15, 0.2) is 22.7 Å². The van der Waals surface area contributed by atoms with Crippen molar-refractivity contribution < 1.29 is 4.79 Å². The van der Waals surface area contributed by atoms with E-state index in [1.165, 1.54) is 25.7 Å². The molecule has 1 aromatic carbocycles. The summed E-state index contributed by atoms with van der Waals surface area (Å²) in [4.78, 5) is 12.3. The minimum atomic E-state index is 0.0164. The van der Waals surface area contributed by atoms with Crippen LogP contribution in [-0.2, 0) is 0 Å². The zero-order valence-corrected chi connectivity index (χ0v) is 14.1. The fraction of sp³-hybridized carbons (Fsp3) is 0.562. The van der Waals surface area contributed by atoms with Crippen LogP contribution in [0.4, 0.5) is 0 Å². The van der Waals surface area contributed by atoms with Crippen LogP contribution in [0.1, 0.15) is 41.6 Å². The summed E-state index contributed by atoms with van der Waals surface area (Å²) in [7, 11) is 0. The van der Waals surface area contributed by atoms with Crippen molar-refractivity contribution in [2.75, 3.05) is 12.4 Å². The van der Waals surface area contributed by atoms with Crippen molar-refractivity contribution in [1.29, 1.82) is 0 Å². The highest BCUT2D eigenvalue weighted by molar-refractivity contribution is 9.10. The third-order valence-corrected chi connectivity index (χ3v) is 5.56. The van der Waals surface area contributed by atoms with Crippen molar-refractivity contribution in [3.8, 4) is 0 Å². The summed E-state index contributed by atoms with van der Waals surface area (Å²) in [5.41, 5.74) is 1.74. The van der Waals surface area contributed by atoms with Crippen molar-refractivity contribution in [2.24, 2.45) is 11.8 Å². The Morgan fingerprint density at radius 1 is 1.35 bits per heavy atom. The summed E-state index contributed by atoms with van der Waals surface area (Å²) in [5.74, 6) is 1.80. The molecule has 4 heteroatoms. The normalized spacial score (nSPS) is 22.6. The largest absolute Gasteiger partial charge is 0.352 e. The number of carbonyl (C=O) groups is 1. The molecule has 0 aromatic heterocycles. The zero-order valence-electron chi connectivity index (χ0n) is 11.8. The van der Waals surface area contributed by atoms with Crippen LogP contribution in [0.2, 0.25) is 0 Å². The van der Waals surface area contributed by atoms with E-state index < -0.39 is 0 Å². The molecule has 0 bridgehead atoms. The molecule has 0 heterocycles. The second-order valence-corrected chi connectivity index (χ2v) is 6.74. The SMILES string of the molecule is Cc1c(Br)cccc1C(=O)NCC1CCCCC1CCl. The van der Waals surface area contributed by atoms with Gasteiger partial charge in [-0.25, -0.2) is 0 Å². The van der Waals surface area contributed by atoms with Gasteiger partial charge >= 0.3 is 0 Å². The molecule has 20 heavy (non-hydrogen) atoms. The van der Waals surface area contributed by atoms with E-state index in [0.29, 0.717) is 17.7 Å². The first-order chi connectivity index (χ1) is 9.63. The molecular formula is C16H21BrClNO. The van der Waals surface area contributed by atoms with E-state index in [2.05, 4.69) is 21.2 Å². The van der Waals surface area contributed by atoms with Crippen LogP contribution in [0.25, 0.3) is 0 Å². The lowest BCUT2D eigenvalue weighted by Gasteiger charge is -2.30. The van der Waals surface area contributed by atoms with Crippen LogP contribution in [0.5, 0.6) is 0 Å². The minimum Gasteiger partial charge on any atom is -0.352 e. The van der Waals surface area contributed by atoms with Gasteiger partial charge in [0.05, 0.1) is 0 Å². The molecule has 1 amide bonds. The average molecular weight is 359 g/mol. The fourth-order valence-corrected chi connectivity index (χ4v) is 3.70. The van der Waals surface area contributed by atoms with Crippen molar-refractivity contribution >= 4 is 33.4 Å².